The van der Waals surface area contributed by atoms with Crippen LogP contribution in [0.1, 0.15) is 15.9 Å². The monoisotopic (exact) mass is 386 g/mol. The summed E-state index contributed by atoms with van der Waals surface area (Å²) < 4.78 is 5.62. The van der Waals surface area contributed by atoms with Crippen molar-refractivity contribution in [3.8, 4) is 5.75 Å². The minimum absolute atomic E-state index is 0.0814. The van der Waals surface area contributed by atoms with Gasteiger partial charge in [0, 0.05) is 12.1 Å². The summed E-state index contributed by atoms with van der Waals surface area (Å²) in [4.78, 5) is 34.4. The average molecular weight is 386 g/mol. The van der Waals surface area contributed by atoms with Gasteiger partial charge in [0.15, 0.2) is 0 Å². The average Bonchev–Trinajstić information content (AvgIpc) is 2.94. The highest BCUT2D eigenvalue weighted by Gasteiger charge is 2.21. The van der Waals surface area contributed by atoms with Gasteiger partial charge in [-0.1, -0.05) is 42.2 Å². The topological polar surface area (TPSA) is 98.5 Å². The van der Waals surface area contributed by atoms with Crippen molar-refractivity contribution in [2.75, 3.05) is 0 Å². The number of nitrogens with zero attached hydrogens (tertiary/aromatic N) is 1. The van der Waals surface area contributed by atoms with Gasteiger partial charge in [-0.15, -0.1) is 0 Å². The molecule has 2 aromatic rings. The number of amides is 1. The highest BCUT2D eigenvalue weighted by molar-refractivity contribution is 8.26. The number of hydrogen-bond donors (Lipinski definition) is 1. The molecule has 9 heteroatoms. The van der Waals surface area contributed by atoms with Crippen molar-refractivity contribution in [1.82, 2.24) is 5.32 Å². The third-order valence-electron chi connectivity index (χ3n) is 3.32. The highest BCUT2D eigenvalue weighted by atomic mass is 32.2. The molecule has 0 unspecified atom stereocenters. The Kier molecular flexibility index (Phi) is 5.10. The van der Waals surface area contributed by atoms with Gasteiger partial charge in [-0.25, -0.2) is 4.79 Å². The molecule has 0 aliphatic carbocycles. The van der Waals surface area contributed by atoms with Crippen LogP contribution in [-0.4, -0.2) is 21.1 Å². The normalized spacial score (nSPS) is 15.0. The van der Waals surface area contributed by atoms with Crippen molar-refractivity contribution in [2.45, 2.75) is 0 Å². The molecule has 1 amide bonds. The molecule has 0 aromatic heterocycles. The van der Waals surface area contributed by atoms with Crippen LogP contribution in [0.5, 0.6) is 5.75 Å². The second-order valence-electron chi connectivity index (χ2n) is 5.12. The van der Waals surface area contributed by atoms with Gasteiger partial charge in [0.1, 0.15) is 10.1 Å². The van der Waals surface area contributed by atoms with Crippen molar-refractivity contribution >= 4 is 51.9 Å². The Morgan fingerprint density at radius 1 is 1.23 bits per heavy atom. The Morgan fingerprint density at radius 3 is 2.58 bits per heavy atom. The second-order valence-corrected chi connectivity index (χ2v) is 6.84. The van der Waals surface area contributed by atoms with Gasteiger partial charge >= 0.3 is 5.97 Å². The number of rotatable bonds is 4. The van der Waals surface area contributed by atoms with E-state index in [-0.39, 0.29) is 22.9 Å². The van der Waals surface area contributed by atoms with Crippen molar-refractivity contribution in [2.24, 2.45) is 0 Å². The summed E-state index contributed by atoms with van der Waals surface area (Å²) >= 11 is 6.10. The fourth-order valence-electron chi connectivity index (χ4n) is 2.12. The lowest BCUT2D eigenvalue weighted by atomic mass is 10.2. The molecule has 1 N–H and O–H groups in total. The molecule has 1 aliphatic heterocycles. The maximum atomic E-state index is 12.1. The van der Waals surface area contributed by atoms with E-state index >= 15 is 0 Å². The molecule has 0 bridgehead atoms. The minimum Gasteiger partial charge on any atom is -0.423 e. The van der Waals surface area contributed by atoms with Gasteiger partial charge in [-0.3, -0.25) is 14.9 Å². The smallest absolute Gasteiger partial charge is 0.343 e. The number of hydrogen-bond acceptors (Lipinski definition) is 7. The van der Waals surface area contributed by atoms with Crippen LogP contribution in [0.25, 0.3) is 6.08 Å². The number of benzene rings is 2. The quantitative estimate of drug-likeness (QED) is 0.215. The number of nitrogens with one attached hydrogen (secondary N) is 1. The van der Waals surface area contributed by atoms with Gasteiger partial charge in [0.2, 0.25) is 0 Å². The van der Waals surface area contributed by atoms with Crippen molar-refractivity contribution in [3.63, 3.8) is 0 Å². The predicted octanol–water partition coefficient (Wildman–Crippen LogP) is 3.30. The molecular formula is C17H10N2O5S2. The van der Waals surface area contributed by atoms with Gasteiger partial charge < -0.3 is 10.1 Å². The van der Waals surface area contributed by atoms with E-state index < -0.39 is 10.9 Å². The number of ether oxygens (including phenoxy) is 1. The van der Waals surface area contributed by atoms with Crippen molar-refractivity contribution in [1.29, 1.82) is 0 Å². The SMILES string of the molecule is O=C1NC(=S)S/C1=C/c1ccc(OC(=O)c2cccc([N+](=O)[O-])c2)cc1. The Balaban J connectivity index is 1.71. The fraction of sp³-hybridized carbons (Fsp3) is 0. The largest absolute Gasteiger partial charge is 0.423 e. The third-order valence-corrected chi connectivity index (χ3v) is 4.49. The Morgan fingerprint density at radius 2 is 1.96 bits per heavy atom. The molecular weight excluding hydrogens is 376 g/mol. The first-order valence-electron chi connectivity index (χ1n) is 7.24. The molecule has 26 heavy (non-hydrogen) atoms. The first kappa shape index (κ1) is 17.8. The Bertz CT molecular complexity index is 954. The van der Waals surface area contributed by atoms with Gasteiger partial charge in [-0.05, 0) is 29.8 Å². The van der Waals surface area contributed by atoms with Gasteiger partial charge in [0.05, 0.1) is 15.4 Å². The summed E-state index contributed by atoms with van der Waals surface area (Å²) in [5.41, 5.74) is 0.632. The summed E-state index contributed by atoms with van der Waals surface area (Å²) in [6.45, 7) is 0. The standard InChI is InChI=1S/C17H10N2O5S2/c20-15-14(26-17(25)18-15)8-10-4-6-13(7-5-10)24-16(21)11-2-1-3-12(9-11)19(22)23/h1-9H,(H,18,20,25)/b14-8+. The Hall–Kier alpha value is -3.04. The molecule has 3 rings (SSSR count). The molecule has 0 radical (unpaired) electrons. The van der Waals surface area contributed by atoms with E-state index in [0.717, 1.165) is 11.6 Å². The zero-order chi connectivity index (χ0) is 18.7. The van der Waals surface area contributed by atoms with E-state index in [0.29, 0.717) is 9.23 Å². The van der Waals surface area contributed by atoms with Crippen LogP contribution in [0.2, 0.25) is 0 Å². The van der Waals surface area contributed by atoms with Crippen LogP contribution in [0.15, 0.2) is 53.4 Å². The van der Waals surface area contributed by atoms with E-state index in [1.807, 2.05) is 0 Å². The summed E-state index contributed by atoms with van der Waals surface area (Å²) in [5.74, 6) is -0.667. The fourth-order valence-corrected chi connectivity index (χ4v) is 3.16. The number of carbonyl (C=O) groups is 2. The van der Waals surface area contributed by atoms with E-state index in [9.17, 15) is 19.7 Å². The van der Waals surface area contributed by atoms with Crippen LogP contribution < -0.4 is 10.1 Å². The molecule has 1 heterocycles. The number of thiocarbonyl (C=S) groups is 1. The van der Waals surface area contributed by atoms with E-state index in [1.165, 1.54) is 30.0 Å². The van der Waals surface area contributed by atoms with E-state index in [4.69, 9.17) is 17.0 Å². The molecule has 2 aromatic carbocycles. The maximum absolute atomic E-state index is 12.1. The summed E-state index contributed by atoms with van der Waals surface area (Å²) in [6, 6.07) is 11.8. The first-order chi connectivity index (χ1) is 12.4. The third kappa shape index (κ3) is 4.13. The highest BCUT2D eigenvalue weighted by Crippen LogP contribution is 2.26. The molecule has 0 spiro atoms. The minimum atomic E-state index is -0.698. The van der Waals surface area contributed by atoms with Gasteiger partial charge in [0.25, 0.3) is 11.6 Å². The predicted molar refractivity (Wildman–Crippen MR) is 101 cm³/mol. The van der Waals surface area contributed by atoms with Crippen molar-refractivity contribution in [3.05, 3.63) is 74.7 Å². The molecule has 7 nitrogen and oxygen atoms in total. The second kappa shape index (κ2) is 7.46. The summed E-state index contributed by atoms with van der Waals surface area (Å²) in [7, 11) is 0. The zero-order valence-corrected chi connectivity index (χ0v) is 14.6. The van der Waals surface area contributed by atoms with Crippen LogP contribution in [0, 0.1) is 10.1 Å². The van der Waals surface area contributed by atoms with Crippen LogP contribution in [0.4, 0.5) is 5.69 Å². The molecule has 1 saturated heterocycles. The van der Waals surface area contributed by atoms with Crippen molar-refractivity contribution < 1.29 is 19.2 Å². The lowest BCUT2D eigenvalue weighted by Gasteiger charge is -2.05. The molecule has 1 fully saturated rings. The summed E-state index contributed by atoms with van der Waals surface area (Å²) in [5, 5.41) is 13.3. The van der Waals surface area contributed by atoms with E-state index in [1.54, 1.807) is 30.3 Å². The summed E-state index contributed by atoms with van der Waals surface area (Å²) in [6.07, 6.45) is 1.67. The number of nitro groups is 1. The molecule has 0 atom stereocenters. The number of non-ortho nitro benzene ring substituents is 1. The number of esters is 1. The van der Waals surface area contributed by atoms with Crippen LogP contribution >= 0.6 is 24.0 Å². The first-order valence-corrected chi connectivity index (χ1v) is 8.46. The number of nitro benzene ring substituents is 1. The molecule has 0 saturated carbocycles. The number of thioether (sulfide) groups is 1. The maximum Gasteiger partial charge on any atom is 0.343 e. The lowest BCUT2D eigenvalue weighted by molar-refractivity contribution is -0.384. The van der Waals surface area contributed by atoms with E-state index in [2.05, 4.69) is 5.32 Å². The van der Waals surface area contributed by atoms with Gasteiger partial charge in [-0.2, -0.15) is 0 Å². The lowest BCUT2D eigenvalue weighted by Crippen LogP contribution is -2.17. The number of carbonyl (C=O) groups excluding carboxylic acids is 2. The zero-order valence-electron chi connectivity index (χ0n) is 13.0. The Labute approximate surface area is 157 Å². The van der Waals surface area contributed by atoms with Crippen LogP contribution in [-0.2, 0) is 4.79 Å². The van der Waals surface area contributed by atoms with Crippen LogP contribution in [0.3, 0.4) is 0 Å². The molecule has 1 aliphatic rings. The molecule has 130 valence electrons.